The SMILES string of the molecule is CC(C)(C)Nc1ncc(-c2cnn(CCNS(C)(=O)=O)c2)cc1-c1nc2ccccc2o1. The van der Waals surface area contributed by atoms with Crippen LogP contribution < -0.4 is 10.0 Å². The van der Waals surface area contributed by atoms with Crippen molar-refractivity contribution in [3.8, 4) is 22.6 Å². The van der Waals surface area contributed by atoms with Crippen LogP contribution in [-0.2, 0) is 16.6 Å². The molecule has 10 heteroatoms. The molecule has 0 atom stereocenters. The number of nitrogens with zero attached hydrogens (tertiary/aromatic N) is 4. The van der Waals surface area contributed by atoms with Gasteiger partial charge in [-0.25, -0.2) is 23.1 Å². The number of hydrogen-bond acceptors (Lipinski definition) is 7. The van der Waals surface area contributed by atoms with Crippen LogP contribution in [0.25, 0.3) is 33.7 Å². The van der Waals surface area contributed by atoms with E-state index in [0.717, 1.165) is 28.5 Å². The number of oxazole rings is 1. The van der Waals surface area contributed by atoms with E-state index in [-0.39, 0.29) is 12.1 Å². The summed E-state index contributed by atoms with van der Waals surface area (Å²) in [5.74, 6) is 1.16. The van der Waals surface area contributed by atoms with Crippen LogP contribution in [0.2, 0.25) is 0 Å². The molecule has 0 bridgehead atoms. The van der Waals surface area contributed by atoms with E-state index in [2.05, 4.69) is 45.9 Å². The Morgan fingerprint density at radius 2 is 1.91 bits per heavy atom. The van der Waals surface area contributed by atoms with Gasteiger partial charge in [-0.2, -0.15) is 5.10 Å². The van der Waals surface area contributed by atoms with Crippen LogP contribution in [-0.4, -0.2) is 46.5 Å². The number of hydrogen-bond donors (Lipinski definition) is 2. The van der Waals surface area contributed by atoms with Gasteiger partial charge in [-0.3, -0.25) is 4.68 Å². The van der Waals surface area contributed by atoms with Crippen LogP contribution >= 0.6 is 0 Å². The second kappa shape index (κ2) is 8.36. The van der Waals surface area contributed by atoms with E-state index >= 15 is 0 Å². The summed E-state index contributed by atoms with van der Waals surface area (Å²) in [4.78, 5) is 9.30. The molecule has 9 nitrogen and oxygen atoms in total. The predicted octanol–water partition coefficient (Wildman–Crippen LogP) is 3.51. The van der Waals surface area contributed by atoms with E-state index in [0.29, 0.717) is 23.8 Å². The summed E-state index contributed by atoms with van der Waals surface area (Å²) in [6.45, 7) is 6.87. The van der Waals surface area contributed by atoms with Crippen molar-refractivity contribution >= 4 is 26.9 Å². The summed E-state index contributed by atoms with van der Waals surface area (Å²) in [5.41, 5.74) is 3.74. The minimum Gasteiger partial charge on any atom is -0.436 e. The second-order valence-corrected chi connectivity index (χ2v) is 10.5. The van der Waals surface area contributed by atoms with Crippen molar-refractivity contribution in [2.24, 2.45) is 0 Å². The van der Waals surface area contributed by atoms with E-state index in [1.54, 1.807) is 17.1 Å². The highest BCUT2D eigenvalue weighted by molar-refractivity contribution is 7.88. The van der Waals surface area contributed by atoms with Crippen LogP contribution in [0.3, 0.4) is 0 Å². The van der Waals surface area contributed by atoms with Gasteiger partial charge in [0.25, 0.3) is 0 Å². The number of benzene rings is 1. The van der Waals surface area contributed by atoms with Crippen molar-refractivity contribution in [2.75, 3.05) is 18.1 Å². The Hall–Kier alpha value is -3.24. The average Bonchev–Trinajstić information content (AvgIpc) is 3.33. The van der Waals surface area contributed by atoms with Gasteiger partial charge < -0.3 is 9.73 Å². The average molecular weight is 455 g/mol. The summed E-state index contributed by atoms with van der Waals surface area (Å²) in [7, 11) is -3.23. The number of rotatable bonds is 7. The van der Waals surface area contributed by atoms with E-state index < -0.39 is 10.0 Å². The Balaban J connectivity index is 1.68. The molecule has 0 aliphatic carbocycles. The highest BCUT2D eigenvalue weighted by Gasteiger charge is 2.19. The van der Waals surface area contributed by atoms with E-state index in [4.69, 9.17) is 4.42 Å². The van der Waals surface area contributed by atoms with Gasteiger partial charge in [-0.15, -0.1) is 0 Å². The minimum atomic E-state index is -3.23. The summed E-state index contributed by atoms with van der Waals surface area (Å²) >= 11 is 0. The fraction of sp³-hybridized carbons (Fsp3) is 0.318. The molecular formula is C22H26N6O3S. The normalized spacial score (nSPS) is 12.4. The van der Waals surface area contributed by atoms with Gasteiger partial charge in [0, 0.05) is 35.6 Å². The first-order chi connectivity index (χ1) is 15.1. The molecule has 0 spiro atoms. The van der Waals surface area contributed by atoms with Gasteiger partial charge >= 0.3 is 0 Å². The Morgan fingerprint density at radius 3 is 2.62 bits per heavy atom. The topological polar surface area (TPSA) is 115 Å². The molecule has 0 amide bonds. The van der Waals surface area contributed by atoms with Crippen LogP contribution in [0, 0.1) is 0 Å². The van der Waals surface area contributed by atoms with Crippen LogP contribution in [0.5, 0.6) is 0 Å². The van der Waals surface area contributed by atoms with Crippen molar-refractivity contribution in [3.05, 3.63) is 48.9 Å². The second-order valence-electron chi connectivity index (χ2n) is 8.64. The quantitative estimate of drug-likeness (QED) is 0.439. The molecule has 2 N–H and O–H groups in total. The molecule has 4 aromatic rings. The first kappa shape index (κ1) is 22.0. The van der Waals surface area contributed by atoms with Crippen LogP contribution in [0.15, 0.2) is 53.3 Å². The van der Waals surface area contributed by atoms with Crippen molar-refractivity contribution in [2.45, 2.75) is 32.9 Å². The number of fused-ring (bicyclic) bond motifs is 1. The number of pyridine rings is 1. The van der Waals surface area contributed by atoms with E-state index in [1.165, 1.54) is 0 Å². The summed E-state index contributed by atoms with van der Waals surface area (Å²) in [5, 5.41) is 7.75. The molecule has 0 aliphatic heterocycles. The molecule has 0 radical (unpaired) electrons. The lowest BCUT2D eigenvalue weighted by Gasteiger charge is -2.22. The van der Waals surface area contributed by atoms with Crippen molar-refractivity contribution < 1.29 is 12.8 Å². The molecule has 3 aromatic heterocycles. The molecule has 0 saturated carbocycles. The zero-order valence-electron chi connectivity index (χ0n) is 18.5. The predicted molar refractivity (Wildman–Crippen MR) is 125 cm³/mol. The molecule has 0 fully saturated rings. The zero-order chi connectivity index (χ0) is 22.9. The molecular weight excluding hydrogens is 428 g/mol. The first-order valence-electron chi connectivity index (χ1n) is 10.2. The third-order valence-electron chi connectivity index (χ3n) is 4.58. The monoisotopic (exact) mass is 454 g/mol. The fourth-order valence-electron chi connectivity index (χ4n) is 3.21. The number of anilines is 1. The Morgan fingerprint density at radius 1 is 1.12 bits per heavy atom. The molecule has 4 rings (SSSR count). The van der Waals surface area contributed by atoms with Gasteiger partial charge in [0.15, 0.2) is 5.58 Å². The summed E-state index contributed by atoms with van der Waals surface area (Å²) in [6.07, 6.45) is 6.49. The third-order valence-corrected chi connectivity index (χ3v) is 5.31. The standard InChI is InChI=1S/C22H26N6O3S/c1-22(2,3)27-20-17(21-26-18-7-5-6-8-19(18)31-21)11-15(12-23-20)16-13-24-28(14-16)10-9-25-32(4,29)30/h5-8,11-14,25H,9-10H2,1-4H3,(H,23,27). The maximum absolute atomic E-state index is 11.2. The van der Waals surface area contributed by atoms with Crippen LogP contribution in [0.4, 0.5) is 5.82 Å². The minimum absolute atomic E-state index is 0.202. The van der Waals surface area contributed by atoms with Gasteiger partial charge in [-0.1, -0.05) is 12.1 Å². The maximum atomic E-state index is 11.2. The van der Waals surface area contributed by atoms with E-state index in [9.17, 15) is 8.42 Å². The smallest absolute Gasteiger partial charge is 0.231 e. The number of para-hydroxylation sites is 2. The molecule has 1 aromatic carbocycles. The summed E-state index contributed by atoms with van der Waals surface area (Å²) < 4.78 is 32.7. The largest absolute Gasteiger partial charge is 0.436 e. The number of nitrogens with one attached hydrogen (secondary N) is 2. The molecule has 168 valence electrons. The number of aromatic nitrogens is 4. The lowest BCUT2D eigenvalue weighted by molar-refractivity contribution is 0.565. The van der Waals surface area contributed by atoms with Crippen molar-refractivity contribution in [1.29, 1.82) is 0 Å². The molecule has 3 heterocycles. The van der Waals surface area contributed by atoms with Crippen molar-refractivity contribution in [1.82, 2.24) is 24.5 Å². The van der Waals surface area contributed by atoms with Crippen LogP contribution in [0.1, 0.15) is 20.8 Å². The summed E-state index contributed by atoms with van der Waals surface area (Å²) in [6, 6.07) is 9.60. The van der Waals surface area contributed by atoms with Crippen molar-refractivity contribution in [3.63, 3.8) is 0 Å². The molecule has 0 unspecified atom stereocenters. The Labute approximate surface area is 186 Å². The zero-order valence-corrected chi connectivity index (χ0v) is 19.3. The molecule has 32 heavy (non-hydrogen) atoms. The van der Waals surface area contributed by atoms with Gasteiger partial charge in [0.05, 0.1) is 24.6 Å². The first-order valence-corrected chi connectivity index (χ1v) is 12.1. The number of sulfonamides is 1. The Kier molecular flexibility index (Phi) is 5.74. The third kappa shape index (κ3) is 5.32. The van der Waals surface area contributed by atoms with Gasteiger partial charge in [0.1, 0.15) is 11.3 Å². The molecule has 0 saturated heterocycles. The fourth-order valence-corrected chi connectivity index (χ4v) is 3.67. The maximum Gasteiger partial charge on any atom is 0.231 e. The van der Waals surface area contributed by atoms with E-state index in [1.807, 2.05) is 36.5 Å². The van der Waals surface area contributed by atoms with Gasteiger partial charge in [0.2, 0.25) is 15.9 Å². The molecule has 0 aliphatic rings. The Bertz CT molecular complexity index is 1320. The lowest BCUT2D eigenvalue weighted by Crippen LogP contribution is -2.27. The lowest BCUT2D eigenvalue weighted by atomic mass is 10.1. The highest BCUT2D eigenvalue weighted by Crippen LogP contribution is 2.33. The van der Waals surface area contributed by atoms with Gasteiger partial charge in [-0.05, 0) is 39.0 Å². The highest BCUT2D eigenvalue weighted by atomic mass is 32.2.